The third-order valence-electron chi connectivity index (χ3n) is 3.00. The van der Waals surface area contributed by atoms with Gasteiger partial charge in [0, 0.05) is 12.2 Å². The molecule has 0 aromatic rings. The summed E-state index contributed by atoms with van der Waals surface area (Å²) in [6.07, 6.45) is 11.7. The Morgan fingerprint density at radius 2 is 1.81 bits per heavy atom. The molecule has 3 nitrogen and oxygen atoms in total. The van der Waals surface area contributed by atoms with Gasteiger partial charge < -0.3 is 9.53 Å². The van der Waals surface area contributed by atoms with Gasteiger partial charge in [-0.2, -0.15) is 11.8 Å². The molecule has 0 heterocycles. The number of unbranched alkanes of at least 4 members (excludes halogenated alkanes) is 4. The second-order valence-electron chi connectivity index (χ2n) is 5.16. The topological polar surface area (TPSA) is 43.4 Å². The van der Waals surface area contributed by atoms with Crippen molar-refractivity contribution in [3.8, 4) is 0 Å². The minimum absolute atomic E-state index is 0.175. The lowest BCUT2D eigenvalue weighted by atomic mass is 10.2. The van der Waals surface area contributed by atoms with Crippen LogP contribution in [0.25, 0.3) is 0 Å². The fourth-order valence-electron chi connectivity index (χ4n) is 1.77. The molecule has 0 aromatic carbocycles. The summed E-state index contributed by atoms with van der Waals surface area (Å²) in [7, 11) is 0. The molecule has 0 aromatic heterocycles. The van der Waals surface area contributed by atoms with Gasteiger partial charge in [0.2, 0.25) is 0 Å². The molecule has 0 atom stereocenters. The van der Waals surface area contributed by atoms with Crippen LogP contribution in [0.15, 0.2) is 12.2 Å². The highest BCUT2D eigenvalue weighted by Gasteiger charge is 1.99. The number of carbonyl (C=O) groups excluding carboxylic acids is 2. The monoisotopic (exact) mass is 314 g/mol. The zero-order valence-electron chi connectivity index (χ0n) is 13.6. The maximum absolute atomic E-state index is 11.4. The van der Waals surface area contributed by atoms with Crippen molar-refractivity contribution in [2.24, 2.45) is 0 Å². The predicted molar refractivity (Wildman–Crippen MR) is 90.7 cm³/mol. The van der Waals surface area contributed by atoms with E-state index in [9.17, 15) is 9.59 Å². The Morgan fingerprint density at radius 1 is 1.05 bits per heavy atom. The van der Waals surface area contributed by atoms with Gasteiger partial charge in [-0.05, 0) is 25.5 Å². The van der Waals surface area contributed by atoms with E-state index in [1.807, 2.05) is 17.8 Å². The molecule has 0 rings (SSSR count). The second-order valence-corrected chi connectivity index (χ2v) is 6.39. The minimum Gasteiger partial charge on any atom is -0.465 e. The van der Waals surface area contributed by atoms with Crippen molar-refractivity contribution in [3.63, 3.8) is 0 Å². The van der Waals surface area contributed by atoms with Gasteiger partial charge in [0.15, 0.2) is 0 Å². The van der Waals surface area contributed by atoms with Crippen LogP contribution in [0, 0.1) is 0 Å². The maximum atomic E-state index is 11.4. The first kappa shape index (κ1) is 20.2. The van der Waals surface area contributed by atoms with E-state index in [-0.39, 0.29) is 11.8 Å². The quantitative estimate of drug-likeness (QED) is 0.268. The van der Waals surface area contributed by atoms with Crippen LogP contribution in [0.3, 0.4) is 0 Å². The standard InChI is InChI=1S/C17H30O3S/c1-3-4-5-6-10-14-21-15-13-20-17(19)12-9-7-8-11-16(2)18/h7,9H,3-6,8,10-15H2,1-2H3/b9-7+. The molecule has 0 unspecified atom stereocenters. The predicted octanol–water partition coefficient (Wildman–Crippen LogP) is 4.55. The maximum Gasteiger partial charge on any atom is 0.309 e. The van der Waals surface area contributed by atoms with Crippen LogP contribution in [-0.2, 0) is 14.3 Å². The van der Waals surface area contributed by atoms with Crippen LogP contribution in [0.1, 0.15) is 65.2 Å². The molecule has 0 aliphatic carbocycles. The van der Waals surface area contributed by atoms with Crippen molar-refractivity contribution >= 4 is 23.5 Å². The summed E-state index contributed by atoms with van der Waals surface area (Å²) in [4.78, 5) is 22.1. The highest BCUT2D eigenvalue weighted by Crippen LogP contribution is 2.08. The molecular weight excluding hydrogens is 284 g/mol. The number of hydrogen-bond acceptors (Lipinski definition) is 4. The van der Waals surface area contributed by atoms with Crippen molar-refractivity contribution in [3.05, 3.63) is 12.2 Å². The lowest BCUT2D eigenvalue weighted by Gasteiger charge is -2.03. The lowest BCUT2D eigenvalue weighted by Crippen LogP contribution is -2.06. The van der Waals surface area contributed by atoms with E-state index < -0.39 is 0 Å². The largest absolute Gasteiger partial charge is 0.465 e. The second kappa shape index (κ2) is 15.6. The van der Waals surface area contributed by atoms with Crippen LogP contribution in [-0.4, -0.2) is 29.9 Å². The van der Waals surface area contributed by atoms with Crippen molar-refractivity contribution in [2.45, 2.75) is 65.2 Å². The molecule has 0 aliphatic heterocycles. The van der Waals surface area contributed by atoms with Crippen molar-refractivity contribution in [1.82, 2.24) is 0 Å². The van der Waals surface area contributed by atoms with Gasteiger partial charge in [-0.25, -0.2) is 0 Å². The fourth-order valence-corrected chi connectivity index (χ4v) is 2.58. The highest BCUT2D eigenvalue weighted by molar-refractivity contribution is 7.99. The molecule has 21 heavy (non-hydrogen) atoms. The Morgan fingerprint density at radius 3 is 2.52 bits per heavy atom. The third-order valence-corrected chi connectivity index (χ3v) is 4.03. The number of rotatable bonds is 14. The van der Waals surface area contributed by atoms with Gasteiger partial charge in [-0.3, -0.25) is 4.79 Å². The summed E-state index contributed by atoms with van der Waals surface area (Å²) in [5.74, 6) is 2.03. The Kier molecular flexibility index (Phi) is 15.0. The summed E-state index contributed by atoms with van der Waals surface area (Å²) in [5, 5.41) is 0. The van der Waals surface area contributed by atoms with Crippen molar-refractivity contribution < 1.29 is 14.3 Å². The van der Waals surface area contributed by atoms with Crippen LogP contribution in [0.5, 0.6) is 0 Å². The smallest absolute Gasteiger partial charge is 0.309 e. The van der Waals surface area contributed by atoms with E-state index in [1.54, 1.807) is 13.0 Å². The van der Waals surface area contributed by atoms with Gasteiger partial charge in [0.1, 0.15) is 12.4 Å². The molecule has 122 valence electrons. The first-order chi connectivity index (χ1) is 10.2. The number of carbonyl (C=O) groups is 2. The molecule has 0 bridgehead atoms. The Hall–Kier alpha value is -0.770. The van der Waals surface area contributed by atoms with E-state index in [1.165, 1.54) is 32.1 Å². The molecule has 0 saturated heterocycles. The average molecular weight is 314 g/mol. The number of esters is 1. The average Bonchev–Trinajstić information content (AvgIpc) is 2.45. The zero-order valence-corrected chi connectivity index (χ0v) is 14.4. The molecule has 0 spiro atoms. The molecule has 0 fully saturated rings. The summed E-state index contributed by atoms with van der Waals surface area (Å²) < 4.78 is 5.14. The summed E-state index contributed by atoms with van der Waals surface area (Å²) in [5.41, 5.74) is 0. The number of hydrogen-bond donors (Lipinski definition) is 0. The van der Waals surface area contributed by atoms with E-state index in [4.69, 9.17) is 4.74 Å². The zero-order chi connectivity index (χ0) is 15.8. The summed E-state index contributed by atoms with van der Waals surface area (Å²) in [6, 6.07) is 0. The number of thioether (sulfide) groups is 1. The van der Waals surface area contributed by atoms with Crippen molar-refractivity contribution in [1.29, 1.82) is 0 Å². The van der Waals surface area contributed by atoms with E-state index in [0.29, 0.717) is 25.9 Å². The van der Waals surface area contributed by atoms with Crippen LogP contribution in [0.4, 0.5) is 0 Å². The normalized spacial score (nSPS) is 11.0. The minimum atomic E-state index is -0.183. The van der Waals surface area contributed by atoms with Gasteiger partial charge >= 0.3 is 5.97 Å². The number of Topliss-reactive ketones (excluding diaryl/α,β-unsaturated/α-hetero) is 1. The first-order valence-corrected chi connectivity index (χ1v) is 9.20. The lowest BCUT2D eigenvalue weighted by molar-refractivity contribution is -0.141. The van der Waals surface area contributed by atoms with Gasteiger partial charge in [0.05, 0.1) is 6.42 Å². The molecule has 4 heteroatoms. The SMILES string of the molecule is CCCCCCCSCCOC(=O)C/C=C/CCC(C)=O. The van der Waals surface area contributed by atoms with Crippen LogP contribution < -0.4 is 0 Å². The molecular formula is C17H30O3S. The van der Waals surface area contributed by atoms with Crippen molar-refractivity contribution in [2.75, 3.05) is 18.1 Å². The fraction of sp³-hybridized carbons (Fsp3) is 0.765. The van der Waals surface area contributed by atoms with E-state index in [2.05, 4.69) is 6.92 Å². The van der Waals surface area contributed by atoms with Gasteiger partial charge in [0.25, 0.3) is 0 Å². The number of allylic oxidation sites excluding steroid dienone is 1. The molecule has 0 radical (unpaired) electrons. The van der Waals surface area contributed by atoms with E-state index >= 15 is 0 Å². The van der Waals surface area contributed by atoms with Crippen LogP contribution >= 0.6 is 11.8 Å². The molecule has 0 N–H and O–H groups in total. The summed E-state index contributed by atoms with van der Waals surface area (Å²) in [6.45, 7) is 4.30. The molecule has 0 amide bonds. The number of ketones is 1. The van der Waals surface area contributed by atoms with Gasteiger partial charge in [-0.15, -0.1) is 0 Å². The Bertz CT molecular complexity index is 300. The Labute approximate surface area is 133 Å². The first-order valence-electron chi connectivity index (χ1n) is 8.04. The Balaban J connectivity index is 3.28. The van der Waals surface area contributed by atoms with Crippen LogP contribution in [0.2, 0.25) is 0 Å². The molecule has 0 aliphatic rings. The number of ether oxygens (including phenoxy) is 1. The van der Waals surface area contributed by atoms with E-state index in [0.717, 1.165) is 11.5 Å². The van der Waals surface area contributed by atoms with Gasteiger partial charge in [-0.1, -0.05) is 44.8 Å². The highest BCUT2D eigenvalue weighted by atomic mass is 32.2. The summed E-state index contributed by atoms with van der Waals surface area (Å²) >= 11 is 1.86. The molecule has 0 saturated carbocycles. The third kappa shape index (κ3) is 17.2.